The Morgan fingerprint density at radius 1 is 1.00 bits per heavy atom. The number of benzene rings is 2. The van der Waals surface area contributed by atoms with Crippen LogP contribution in [0.25, 0.3) is 10.8 Å². The quantitative estimate of drug-likeness (QED) is 0.686. The molecule has 0 aliphatic rings. The summed E-state index contributed by atoms with van der Waals surface area (Å²) in [5.74, 6) is 0. The second kappa shape index (κ2) is 5.16. The van der Waals surface area contributed by atoms with Gasteiger partial charge in [-0.05, 0) is 41.2 Å². The fourth-order valence-corrected chi connectivity index (χ4v) is 2.28. The summed E-state index contributed by atoms with van der Waals surface area (Å²) in [6.07, 6.45) is 4.91. The maximum absolute atomic E-state index is 2.39. The minimum Gasteiger partial charge on any atom is -0.0654 e. The summed E-state index contributed by atoms with van der Waals surface area (Å²) in [7, 11) is 0. The monoisotopic (exact) mass is 212 g/mol. The number of fused-ring (bicyclic) bond motifs is 1. The van der Waals surface area contributed by atoms with Gasteiger partial charge < -0.3 is 0 Å². The van der Waals surface area contributed by atoms with Crippen LogP contribution in [0.3, 0.4) is 0 Å². The van der Waals surface area contributed by atoms with Crippen molar-refractivity contribution < 1.29 is 0 Å². The van der Waals surface area contributed by atoms with E-state index in [1.165, 1.54) is 41.2 Å². The lowest BCUT2D eigenvalue weighted by atomic mass is 9.97. The Morgan fingerprint density at radius 3 is 2.56 bits per heavy atom. The summed E-state index contributed by atoms with van der Waals surface area (Å²) in [4.78, 5) is 0. The summed E-state index contributed by atoms with van der Waals surface area (Å²) < 4.78 is 0. The molecule has 0 fully saturated rings. The van der Waals surface area contributed by atoms with Crippen molar-refractivity contribution in [3.05, 3.63) is 47.5 Å². The van der Waals surface area contributed by atoms with Crippen molar-refractivity contribution in [2.75, 3.05) is 0 Å². The van der Waals surface area contributed by atoms with Crippen LogP contribution in [0.2, 0.25) is 0 Å². The van der Waals surface area contributed by atoms with Gasteiger partial charge in [-0.25, -0.2) is 0 Å². The van der Waals surface area contributed by atoms with Crippen LogP contribution in [0.4, 0.5) is 0 Å². The van der Waals surface area contributed by atoms with Crippen LogP contribution in [0.1, 0.15) is 37.8 Å². The molecule has 0 nitrogen and oxygen atoms in total. The van der Waals surface area contributed by atoms with E-state index in [0.29, 0.717) is 0 Å². The molecule has 0 aromatic heterocycles. The molecule has 0 heterocycles. The molecule has 0 saturated heterocycles. The highest BCUT2D eigenvalue weighted by Crippen LogP contribution is 2.22. The first-order chi connectivity index (χ1) is 7.85. The van der Waals surface area contributed by atoms with Crippen molar-refractivity contribution in [3.63, 3.8) is 0 Å². The van der Waals surface area contributed by atoms with Crippen molar-refractivity contribution in [2.24, 2.45) is 0 Å². The molecule has 2 aromatic carbocycles. The van der Waals surface area contributed by atoms with Crippen LogP contribution in [0.15, 0.2) is 36.4 Å². The Labute approximate surface area is 98.3 Å². The van der Waals surface area contributed by atoms with Gasteiger partial charge in [-0.3, -0.25) is 0 Å². The van der Waals surface area contributed by atoms with Gasteiger partial charge in [0, 0.05) is 0 Å². The Kier molecular flexibility index (Phi) is 3.61. The third-order valence-corrected chi connectivity index (χ3v) is 3.21. The fourth-order valence-electron chi connectivity index (χ4n) is 2.28. The van der Waals surface area contributed by atoms with Gasteiger partial charge in [0.15, 0.2) is 0 Å². The van der Waals surface area contributed by atoms with Gasteiger partial charge in [-0.1, -0.05) is 56.7 Å². The van der Waals surface area contributed by atoms with E-state index >= 15 is 0 Å². The molecule has 2 aromatic rings. The van der Waals surface area contributed by atoms with E-state index in [1.54, 1.807) is 0 Å². The van der Waals surface area contributed by atoms with Gasteiger partial charge >= 0.3 is 0 Å². The first-order valence-electron chi connectivity index (χ1n) is 6.35. The van der Waals surface area contributed by atoms with E-state index < -0.39 is 0 Å². The van der Waals surface area contributed by atoms with E-state index in [1.807, 2.05) is 0 Å². The summed E-state index contributed by atoms with van der Waals surface area (Å²) in [5.41, 5.74) is 2.99. The number of rotatable bonds is 4. The molecule has 0 atom stereocenters. The first kappa shape index (κ1) is 11.2. The highest BCUT2D eigenvalue weighted by atomic mass is 14.1. The minimum atomic E-state index is 1.13. The van der Waals surface area contributed by atoms with E-state index in [9.17, 15) is 0 Å². The number of aryl methyl sites for hydroxylation is 2. The van der Waals surface area contributed by atoms with Gasteiger partial charge in [0.05, 0.1) is 0 Å². The Morgan fingerprint density at radius 2 is 1.81 bits per heavy atom. The van der Waals surface area contributed by atoms with Crippen LogP contribution in [-0.4, -0.2) is 0 Å². The highest BCUT2D eigenvalue weighted by molar-refractivity contribution is 5.86. The molecule has 0 radical (unpaired) electrons. The smallest absolute Gasteiger partial charge is 0.0152 e. The summed E-state index contributed by atoms with van der Waals surface area (Å²) in [5, 5.41) is 2.82. The molecule has 2 rings (SSSR count). The largest absolute Gasteiger partial charge is 0.0654 e. The molecule has 0 saturated carbocycles. The van der Waals surface area contributed by atoms with Gasteiger partial charge in [0.25, 0.3) is 0 Å². The number of unbranched alkanes of at least 4 members (excludes halogenated alkanes) is 1. The van der Waals surface area contributed by atoms with Crippen LogP contribution in [-0.2, 0) is 12.8 Å². The minimum absolute atomic E-state index is 1.13. The van der Waals surface area contributed by atoms with Crippen molar-refractivity contribution >= 4 is 10.8 Å². The van der Waals surface area contributed by atoms with Crippen LogP contribution in [0.5, 0.6) is 0 Å². The predicted octanol–water partition coefficient (Wildman–Crippen LogP) is 4.74. The molecule has 16 heavy (non-hydrogen) atoms. The number of hydrogen-bond acceptors (Lipinski definition) is 0. The molecular formula is C16H20. The molecule has 0 aliphatic carbocycles. The standard InChI is InChI=1S/C16H20/c1-3-5-8-13-11-14(4-2)16-10-7-6-9-15(16)12-13/h6-7,9-12H,3-5,8H2,1-2H3. The Hall–Kier alpha value is -1.30. The van der Waals surface area contributed by atoms with Crippen molar-refractivity contribution in [2.45, 2.75) is 39.5 Å². The number of hydrogen-bond donors (Lipinski definition) is 0. The van der Waals surface area contributed by atoms with E-state index in [0.717, 1.165) is 6.42 Å². The zero-order valence-electron chi connectivity index (χ0n) is 10.3. The third-order valence-electron chi connectivity index (χ3n) is 3.21. The Bertz CT molecular complexity index is 468. The fraction of sp³-hybridized carbons (Fsp3) is 0.375. The van der Waals surface area contributed by atoms with Crippen molar-refractivity contribution in [1.29, 1.82) is 0 Å². The molecule has 0 bridgehead atoms. The summed E-state index contributed by atoms with van der Waals surface area (Å²) in [6, 6.07) is 13.5. The zero-order valence-corrected chi connectivity index (χ0v) is 10.3. The predicted molar refractivity (Wildman–Crippen MR) is 71.9 cm³/mol. The maximum Gasteiger partial charge on any atom is -0.0152 e. The van der Waals surface area contributed by atoms with E-state index in [4.69, 9.17) is 0 Å². The van der Waals surface area contributed by atoms with Crippen LogP contribution in [0, 0.1) is 0 Å². The van der Waals surface area contributed by atoms with Gasteiger partial charge in [-0.15, -0.1) is 0 Å². The maximum atomic E-state index is 2.39. The van der Waals surface area contributed by atoms with Crippen LogP contribution < -0.4 is 0 Å². The molecule has 0 unspecified atom stereocenters. The zero-order chi connectivity index (χ0) is 11.4. The Balaban J connectivity index is 2.46. The highest BCUT2D eigenvalue weighted by Gasteiger charge is 2.02. The first-order valence-corrected chi connectivity index (χ1v) is 6.35. The molecule has 0 N–H and O–H groups in total. The van der Waals surface area contributed by atoms with Crippen LogP contribution >= 0.6 is 0 Å². The summed E-state index contributed by atoms with van der Waals surface area (Å²) >= 11 is 0. The van der Waals surface area contributed by atoms with Gasteiger partial charge in [-0.2, -0.15) is 0 Å². The molecular weight excluding hydrogens is 192 g/mol. The average Bonchev–Trinajstić information content (AvgIpc) is 2.35. The topological polar surface area (TPSA) is 0 Å². The second-order valence-corrected chi connectivity index (χ2v) is 4.43. The molecule has 84 valence electrons. The third kappa shape index (κ3) is 2.27. The second-order valence-electron chi connectivity index (χ2n) is 4.43. The lowest BCUT2D eigenvalue weighted by molar-refractivity contribution is 0.795. The van der Waals surface area contributed by atoms with E-state index in [2.05, 4.69) is 50.2 Å². The van der Waals surface area contributed by atoms with Crippen molar-refractivity contribution in [1.82, 2.24) is 0 Å². The average molecular weight is 212 g/mol. The van der Waals surface area contributed by atoms with Gasteiger partial charge in [0.2, 0.25) is 0 Å². The van der Waals surface area contributed by atoms with Gasteiger partial charge in [0.1, 0.15) is 0 Å². The summed E-state index contributed by atoms with van der Waals surface area (Å²) in [6.45, 7) is 4.49. The lowest BCUT2D eigenvalue weighted by Crippen LogP contribution is -1.90. The lowest BCUT2D eigenvalue weighted by Gasteiger charge is -2.08. The van der Waals surface area contributed by atoms with E-state index in [-0.39, 0.29) is 0 Å². The SMILES string of the molecule is CCCCc1cc(CC)c2ccccc2c1. The van der Waals surface area contributed by atoms with Crippen molar-refractivity contribution in [3.8, 4) is 0 Å². The molecule has 0 aliphatic heterocycles. The molecule has 0 spiro atoms. The normalized spacial score (nSPS) is 10.9. The molecule has 0 heteroatoms. The molecule has 0 amide bonds.